The van der Waals surface area contributed by atoms with E-state index in [0.29, 0.717) is 5.02 Å². The van der Waals surface area contributed by atoms with Crippen molar-refractivity contribution >= 4 is 11.6 Å². The van der Waals surface area contributed by atoms with E-state index in [-0.39, 0.29) is 6.04 Å². The number of furan rings is 1. The number of aryl methyl sites for hydroxylation is 1. The van der Waals surface area contributed by atoms with Gasteiger partial charge < -0.3 is 4.42 Å². The lowest BCUT2D eigenvalue weighted by molar-refractivity contribution is 0.452. The molecule has 1 aromatic heterocycles. The minimum atomic E-state index is -0.174. The summed E-state index contributed by atoms with van der Waals surface area (Å²) in [5.41, 5.74) is 4.80. The number of halogens is 1. The molecule has 0 aliphatic rings. The van der Waals surface area contributed by atoms with Crippen LogP contribution in [0.4, 0.5) is 0 Å². The summed E-state index contributed by atoms with van der Waals surface area (Å²) in [6.45, 7) is 1.99. The van der Waals surface area contributed by atoms with Crippen molar-refractivity contribution in [1.29, 1.82) is 0 Å². The first-order valence-electron chi connectivity index (χ1n) is 4.97. The summed E-state index contributed by atoms with van der Waals surface area (Å²) in [6.07, 6.45) is 1.62. The van der Waals surface area contributed by atoms with Crippen LogP contribution in [0.15, 0.2) is 41.0 Å². The van der Waals surface area contributed by atoms with E-state index in [9.17, 15) is 0 Å². The fraction of sp³-hybridized carbons (Fsp3) is 0.167. The monoisotopic (exact) mass is 236 g/mol. The fourth-order valence-electron chi connectivity index (χ4n) is 1.73. The molecule has 16 heavy (non-hydrogen) atoms. The average molecular weight is 237 g/mol. The van der Waals surface area contributed by atoms with Crippen molar-refractivity contribution in [2.75, 3.05) is 0 Å². The van der Waals surface area contributed by atoms with Crippen molar-refractivity contribution in [2.24, 2.45) is 5.84 Å². The number of rotatable bonds is 3. The van der Waals surface area contributed by atoms with E-state index < -0.39 is 0 Å². The highest BCUT2D eigenvalue weighted by Gasteiger charge is 2.15. The molecule has 4 heteroatoms. The maximum absolute atomic E-state index is 6.01. The highest BCUT2D eigenvalue weighted by atomic mass is 35.5. The third kappa shape index (κ3) is 2.27. The molecule has 84 valence electrons. The average Bonchev–Trinajstić information content (AvgIpc) is 2.70. The van der Waals surface area contributed by atoms with Crippen molar-refractivity contribution in [2.45, 2.75) is 13.0 Å². The molecule has 1 unspecified atom stereocenters. The van der Waals surface area contributed by atoms with E-state index in [1.807, 2.05) is 37.3 Å². The number of nitrogens with one attached hydrogen (secondary N) is 1. The fourth-order valence-corrected chi connectivity index (χ4v) is 2.03. The van der Waals surface area contributed by atoms with Crippen molar-refractivity contribution in [3.63, 3.8) is 0 Å². The lowest BCUT2D eigenvalue weighted by atomic mass is 10.0. The third-order valence-corrected chi connectivity index (χ3v) is 2.61. The molecule has 0 bridgehead atoms. The highest BCUT2D eigenvalue weighted by Crippen LogP contribution is 2.25. The van der Waals surface area contributed by atoms with Crippen LogP contribution in [0.2, 0.25) is 5.02 Å². The predicted octanol–water partition coefficient (Wildman–Crippen LogP) is 2.79. The Kier molecular flexibility index (Phi) is 3.29. The Balaban J connectivity index is 2.41. The molecule has 0 amide bonds. The second-order valence-electron chi connectivity index (χ2n) is 3.68. The molecule has 0 radical (unpaired) electrons. The quantitative estimate of drug-likeness (QED) is 0.637. The molecule has 0 fully saturated rings. The summed E-state index contributed by atoms with van der Waals surface area (Å²) in [5, 5.41) is 0.696. The minimum absolute atomic E-state index is 0.174. The topological polar surface area (TPSA) is 51.2 Å². The van der Waals surface area contributed by atoms with Gasteiger partial charge in [-0.2, -0.15) is 0 Å². The van der Waals surface area contributed by atoms with Gasteiger partial charge in [-0.15, -0.1) is 0 Å². The molecule has 3 N–H and O–H groups in total. The van der Waals surface area contributed by atoms with E-state index in [1.54, 1.807) is 6.26 Å². The summed E-state index contributed by atoms with van der Waals surface area (Å²) in [6, 6.07) is 9.34. The predicted molar refractivity (Wildman–Crippen MR) is 64.1 cm³/mol. The Morgan fingerprint density at radius 2 is 2.19 bits per heavy atom. The Bertz CT molecular complexity index is 448. The third-order valence-electron chi connectivity index (χ3n) is 2.39. The van der Waals surface area contributed by atoms with Crippen LogP contribution in [-0.2, 0) is 0 Å². The van der Waals surface area contributed by atoms with E-state index in [1.165, 1.54) is 0 Å². The number of hydrogen-bond acceptors (Lipinski definition) is 3. The Hall–Kier alpha value is -1.29. The van der Waals surface area contributed by atoms with Gasteiger partial charge in [-0.05, 0) is 42.3 Å². The maximum Gasteiger partial charge on any atom is 0.126 e. The Morgan fingerprint density at radius 3 is 2.75 bits per heavy atom. The normalized spacial score (nSPS) is 12.7. The van der Waals surface area contributed by atoms with Crippen LogP contribution >= 0.6 is 11.6 Å². The van der Waals surface area contributed by atoms with Gasteiger partial charge in [-0.3, -0.25) is 5.84 Å². The van der Waals surface area contributed by atoms with Crippen molar-refractivity contribution in [1.82, 2.24) is 5.43 Å². The Morgan fingerprint density at radius 1 is 1.38 bits per heavy atom. The SMILES string of the molecule is Cc1cc(Cl)cc(C(NN)c2ccco2)c1. The number of hydrazine groups is 1. The lowest BCUT2D eigenvalue weighted by Crippen LogP contribution is -2.28. The van der Waals surface area contributed by atoms with Crippen LogP contribution in [0, 0.1) is 6.92 Å². The summed E-state index contributed by atoms with van der Waals surface area (Å²) in [7, 11) is 0. The minimum Gasteiger partial charge on any atom is -0.467 e. The van der Waals surface area contributed by atoms with Crippen LogP contribution in [0.25, 0.3) is 0 Å². The number of nitrogens with two attached hydrogens (primary N) is 1. The first-order chi connectivity index (χ1) is 7.70. The van der Waals surface area contributed by atoms with Crippen molar-refractivity contribution in [3.8, 4) is 0 Å². The van der Waals surface area contributed by atoms with E-state index in [0.717, 1.165) is 16.9 Å². The second-order valence-corrected chi connectivity index (χ2v) is 4.11. The first kappa shape index (κ1) is 11.2. The standard InChI is InChI=1S/C12H13ClN2O/c1-8-5-9(7-10(13)6-8)12(15-14)11-3-2-4-16-11/h2-7,12,15H,14H2,1H3. The summed E-state index contributed by atoms with van der Waals surface area (Å²) < 4.78 is 5.34. The van der Waals surface area contributed by atoms with Gasteiger partial charge in [0.05, 0.1) is 6.26 Å². The maximum atomic E-state index is 6.01. The van der Waals surface area contributed by atoms with Gasteiger partial charge >= 0.3 is 0 Å². The Labute approximate surface area is 99.2 Å². The molecular formula is C12H13ClN2O. The van der Waals surface area contributed by atoms with Crippen LogP contribution in [0.5, 0.6) is 0 Å². The summed E-state index contributed by atoms with van der Waals surface area (Å²) in [5.74, 6) is 6.31. The van der Waals surface area contributed by atoms with Gasteiger partial charge in [0, 0.05) is 5.02 Å². The van der Waals surface area contributed by atoms with Crippen LogP contribution < -0.4 is 11.3 Å². The number of hydrogen-bond donors (Lipinski definition) is 2. The van der Waals surface area contributed by atoms with Gasteiger partial charge in [0.1, 0.15) is 11.8 Å². The van der Waals surface area contributed by atoms with Crippen LogP contribution in [-0.4, -0.2) is 0 Å². The molecule has 2 aromatic rings. The molecule has 0 spiro atoms. The molecule has 0 saturated heterocycles. The first-order valence-corrected chi connectivity index (χ1v) is 5.35. The van der Waals surface area contributed by atoms with E-state index in [4.69, 9.17) is 21.9 Å². The molecule has 0 aliphatic heterocycles. The molecule has 0 saturated carbocycles. The van der Waals surface area contributed by atoms with Gasteiger partial charge in [-0.1, -0.05) is 17.7 Å². The zero-order chi connectivity index (χ0) is 11.5. The largest absolute Gasteiger partial charge is 0.467 e. The van der Waals surface area contributed by atoms with Gasteiger partial charge in [-0.25, -0.2) is 5.43 Å². The molecule has 1 heterocycles. The smallest absolute Gasteiger partial charge is 0.126 e. The lowest BCUT2D eigenvalue weighted by Gasteiger charge is -2.14. The molecule has 0 aliphatic carbocycles. The molecule has 1 aromatic carbocycles. The molecular weight excluding hydrogens is 224 g/mol. The van der Waals surface area contributed by atoms with Gasteiger partial charge in [0.2, 0.25) is 0 Å². The van der Waals surface area contributed by atoms with Crippen molar-refractivity contribution in [3.05, 3.63) is 58.5 Å². The van der Waals surface area contributed by atoms with Crippen molar-refractivity contribution < 1.29 is 4.42 Å². The zero-order valence-electron chi connectivity index (χ0n) is 8.91. The summed E-state index contributed by atoms with van der Waals surface area (Å²) in [4.78, 5) is 0. The zero-order valence-corrected chi connectivity index (χ0v) is 9.66. The van der Waals surface area contributed by atoms with E-state index in [2.05, 4.69) is 5.43 Å². The van der Waals surface area contributed by atoms with E-state index >= 15 is 0 Å². The molecule has 3 nitrogen and oxygen atoms in total. The highest BCUT2D eigenvalue weighted by molar-refractivity contribution is 6.30. The van der Waals surface area contributed by atoms with Gasteiger partial charge in [0.15, 0.2) is 0 Å². The number of benzene rings is 1. The summed E-state index contributed by atoms with van der Waals surface area (Å²) >= 11 is 6.01. The molecule has 1 atom stereocenters. The van der Waals surface area contributed by atoms with Crippen LogP contribution in [0.3, 0.4) is 0 Å². The van der Waals surface area contributed by atoms with Gasteiger partial charge in [0.25, 0.3) is 0 Å². The van der Waals surface area contributed by atoms with Crippen LogP contribution in [0.1, 0.15) is 22.9 Å². The molecule has 2 rings (SSSR count). The second kappa shape index (κ2) is 4.70.